The third-order valence-corrected chi connectivity index (χ3v) is 7.86. The second-order valence-electron chi connectivity index (χ2n) is 8.03. The first-order chi connectivity index (χ1) is 14.0. The first-order valence-corrected chi connectivity index (χ1v) is 11.4. The number of aromatic nitrogens is 1. The highest BCUT2D eigenvalue weighted by Gasteiger charge is 2.44. The Bertz CT molecular complexity index is 998. The van der Waals surface area contributed by atoms with Crippen molar-refractivity contribution in [1.82, 2.24) is 9.29 Å². The normalized spacial score (nSPS) is 28.8. The number of ether oxygens (including phenoxy) is 1. The van der Waals surface area contributed by atoms with Crippen LogP contribution in [0.2, 0.25) is 0 Å². The van der Waals surface area contributed by atoms with Gasteiger partial charge in [0.05, 0.1) is 17.1 Å². The van der Waals surface area contributed by atoms with Gasteiger partial charge in [0.1, 0.15) is 0 Å². The standard InChI is InChI=1S/C21H23N3O4S/c25-21(20-10-19(20)14-2-1-9-22-11-14)23-15-3-7-18(8-4-15)29(26,27)24-12-16-5-6-17(13-24)28-16/h1-4,7-9,11,16-17,19-20H,5-6,10,12-13H2,(H,23,25)/t16?,17?,19-,20+/m1/s1. The van der Waals surface area contributed by atoms with Gasteiger partial charge in [-0.3, -0.25) is 9.78 Å². The number of carbonyl (C=O) groups excluding carboxylic acids is 1. The molecule has 3 heterocycles. The van der Waals surface area contributed by atoms with Crippen LogP contribution in [0.4, 0.5) is 5.69 Å². The molecule has 1 amide bonds. The first-order valence-electron chi connectivity index (χ1n) is 9.97. The number of hydrogen-bond donors (Lipinski definition) is 1. The molecule has 0 radical (unpaired) electrons. The molecule has 5 rings (SSSR count). The molecule has 1 aliphatic carbocycles. The van der Waals surface area contributed by atoms with Gasteiger partial charge in [-0.25, -0.2) is 8.42 Å². The molecule has 2 aliphatic heterocycles. The maximum Gasteiger partial charge on any atom is 0.243 e. The Labute approximate surface area is 170 Å². The van der Waals surface area contributed by atoms with E-state index in [1.807, 2.05) is 12.1 Å². The quantitative estimate of drug-likeness (QED) is 0.813. The molecule has 3 fully saturated rings. The predicted molar refractivity (Wildman–Crippen MR) is 107 cm³/mol. The van der Waals surface area contributed by atoms with Gasteiger partial charge in [0.2, 0.25) is 15.9 Å². The third-order valence-electron chi connectivity index (χ3n) is 6.01. The van der Waals surface area contributed by atoms with Crippen molar-refractivity contribution < 1.29 is 17.9 Å². The number of amides is 1. The van der Waals surface area contributed by atoms with E-state index in [4.69, 9.17) is 4.74 Å². The zero-order valence-corrected chi connectivity index (χ0v) is 16.7. The molecule has 4 atom stereocenters. The fraction of sp³-hybridized carbons (Fsp3) is 0.429. The molecule has 1 N–H and O–H groups in total. The average Bonchev–Trinajstić information content (AvgIpc) is 3.48. The minimum absolute atomic E-state index is 0.00777. The summed E-state index contributed by atoms with van der Waals surface area (Å²) in [6, 6.07) is 10.3. The van der Waals surface area contributed by atoms with Crippen molar-refractivity contribution in [3.63, 3.8) is 0 Å². The van der Waals surface area contributed by atoms with Crippen molar-refractivity contribution in [2.24, 2.45) is 5.92 Å². The van der Waals surface area contributed by atoms with Crippen LogP contribution in [0.15, 0.2) is 53.7 Å². The molecule has 152 valence electrons. The molecule has 1 aromatic carbocycles. The van der Waals surface area contributed by atoms with E-state index in [1.165, 1.54) is 4.31 Å². The number of nitrogens with one attached hydrogen (secondary N) is 1. The average molecular weight is 413 g/mol. The summed E-state index contributed by atoms with van der Waals surface area (Å²) in [6.45, 7) is 0.823. The lowest BCUT2D eigenvalue weighted by atomic mass is 10.1. The van der Waals surface area contributed by atoms with Crippen LogP contribution in [0.25, 0.3) is 0 Å². The summed E-state index contributed by atoms with van der Waals surface area (Å²) < 4.78 is 33.1. The minimum atomic E-state index is -3.55. The zero-order valence-electron chi connectivity index (χ0n) is 15.9. The van der Waals surface area contributed by atoms with Gasteiger partial charge >= 0.3 is 0 Å². The molecule has 1 aromatic heterocycles. The highest BCUT2D eigenvalue weighted by atomic mass is 32.2. The van der Waals surface area contributed by atoms with Gasteiger partial charge < -0.3 is 10.1 Å². The highest BCUT2D eigenvalue weighted by molar-refractivity contribution is 7.89. The van der Waals surface area contributed by atoms with E-state index in [2.05, 4.69) is 10.3 Å². The number of carbonyl (C=O) groups is 1. The monoisotopic (exact) mass is 413 g/mol. The van der Waals surface area contributed by atoms with E-state index < -0.39 is 10.0 Å². The summed E-state index contributed by atoms with van der Waals surface area (Å²) in [7, 11) is -3.55. The Morgan fingerprint density at radius 1 is 1.10 bits per heavy atom. The lowest BCUT2D eigenvalue weighted by molar-refractivity contribution is -0.117. The van der Waals surface area contributed by atoms with Crippen LogP contribution < -0.4 is 5.32 Å². The summed E-state index contributed by atoms with van der Waals surface area (Å²) in [5.41, 5.74) is 1.68. The van der Waals surface area contributed by atoms with Crippen LogP contribution in [-0.4, -0.2) is 48.9 Å². The van der Waals surface area contributed by atoms with Gasteiger partial charge in [-0.2, -0.15) is 4.31 Å². The van der Waals surface area contributed by atoms with Crippen LogP contribution in [-0.2, 0) is 19.6 Å². The number of fused-ring (bicyclic) bond motifs is 2. The van der Waals surface area contributed by atoms with Crippen molar-refractivity contribution in [1.29, 1.82) is 0 Å². The van der Waals surface area contributed by atoms with Gasteiger partial charge in [0.15, 0.2) is 0 Å². The number of sulfonamides is 1. The Balaban J connectivity index is 1.23. The van der Waals surface area contributed by atoms with Crippen LogP contribution in [0.1, 0.15) is 30.7 Å². The first kappa shape index (κ1) is 18.7. The highest BCUT2D eigenvalue weighted by Crippen LogP contribution is 2.47. The van der Waals surface area contributed by atoms with Gasteiger partial charge in [0, 0.05) is 37.1 Å². The second kappa shape index (κ2) is 7.19. The number of rotatable bonds is 5. The molecule has 2 bridgehead atoms. The third kappa shape index (κ3) is 3.68. The van der Waals surface area contributed by atoms with Gasteiger partial charge in [-0.15, -0.1) is 0 Å². The maximum atomic E-state index is 12.9. The van der Waals surface area contributed by atoms with Crippen LogP contribution in [0.5, 0.6) is 0 Å². The van der Waals surface area contributed by atoms with Gasteiger partial charge in [0.25, 0.3) is 0 Å². The SMILES string of the molecule is O=C(Nc1ccc(S(=O)(=O)N2CC3CCC(C2)O3)cc1)[C@H]1C[C@@H]1c1cccnc1. The summed E-state index contributed by atoms with van der Waals surface area (Å²) in [6.07, 6.45) is 6.18. The van der Waals surface area contributed by atoms with Crippen molar-refractivity contribution in [2.45, 2.75) is 42.3 Å². The second-order valence-corrected chi connectivity index (χ2v) is 9.97. The lowest BCUT2D eigenvalue weighted by Crippen LogP contribution is -2.45. The Morgan fingerprint density at radius 3 is 2.48 bits per heavy atom. The van der Waals surface area contributed by atoms with E-state index in [0.29, 0.717) is 18.8 Å². The largest absolute Gasteiger partial charge is 0.372 e. The van der Waals surface area contributed by atoms with Crippen molar-refractivity contribution in [2.75, 3.05) is 18.4 Å². The topological polar surface area (TPSA) is 88.6 Å². The molecule has 8 heteroatoms. The molecule has 29 heavy (non-hydrogen) atoms. The number of anilines is 1. The van der Waals surface area contributed by atoms with Gasteiger partial charge in [-0.1, -0.05) is 6.07 Å². The molecular formula is C21H23N3O4S. The van der Waals surface area contributed by atoms with Crippen LogP contribution in [0, 0.1) is 5.92 Å². The van der Waals surface area contributed by atoms with Crippen LogP contribution >= 0.6 is 0 Å². The molecule has 1 saturated carbocycles. The lowest BCUT2D eigenvalue weighted by Gasteiger charge is -2.31. The summed E-state index contributed by atoms with van der Waals surface area (Å²) in [5, 5.41) is 2.90. The molecule has 2 saturated heterocycles. The molecule has 0 spiro atoms. The zero-order chi connectivity index (χ0) is 20.0. The van der Waals surface area contributed by atoms with Gasteiger partial charge in [-0.05, 0) is 61.1 Å². The Hall–Kier alpha value is -2.29. The van der Waals surface area contributed by atoms with Crippen LogP contribution in [0.3, 0.4) is 0 Å². The number of pyridine rings is 1. The summed E-state index contributed by atoms with van der Waals surface area (Å²) in [4.78, 5) is 16.8. The van der Waals surface area contributed by atoms with E-state index in [0.717, 1.165) is 24.8 Å². The predicted octanol–water partition coefficient (Wildman–Crippen LogP) is 2.38. The number of benzene rings is 1. The Morgan fingerprint density at radius 2 is 1.83 bits per heavy atom. The molecule has 3 aliphatic rings. The smallest absolute Gasteiger partial charge is 0.243 e. The van der Waals surface area contributed by atoms with E-state index >= 15 is 0 Å². The minimum Gasteiger partial charge on any atom is -0.372 e. The number of hydrogen-bond acceptors (Lipinski definition) is 5. The van der Waals surface area contributed by atoms with Crippen molar-refractivity contribution in [3.8, 4) is 0 Å². The molecule has 7 nitrogen and oxygen atoms in total. The number of morpholine rings is 1. The molecular weight excluding hydrogens is 390 g/mol. The fourth-order valence-corrected chi connectivity index (χ4v) is 5.82. The molecule has 2 aromatic rings. The van der Waals surface area contributed by atoms with Crippen molar-refractivity contribution in [3.05, 3.63) is 54.4 Å². The Kier molecular flexibility index (Phi) is 4.64. The number of nitrogens with zero attached hydrogens (tertiary/aromatic N) is 2. The summed E-state index contributed by atoms with van der Waals surface area (Å²) >= 11 is 0. The van der Waals surface area contributed by atoms with Crippen molar-refractivity contribution >= 4 is 21.6 Å². The van der Waals surface area contributed by atoms with E-state index in [9.17, 15) is 13.2 Å². The fourth-order valence-electron chi connectivity index (χ4n) is 4.32. The van der Waals surface area contributed by atoms with E-state index in [-0.39, 0.29) is 34.8 Å². The summed E-state index contributed by atoms with van der Waals surface area (Å²) in [5.74, 6) is 0.102. The molecule has 2 unspecified atom stereocenters. The van der Waals surface area contributed by atoms with E-state index in [1.54, 1.807) is 36.7 Å². The maximum absolute atomic E-state index is 12.9.